The molecule has 1 aliphatic heterocycles. The van der Waals surface area contributed by atoms with Crippen LogP contribution in [0.15, 0.2) is 18.2 Å². The zero-order valence-corrected chi connectivity index (χ0v) is 12.3. The van der Waals surface area contributed by atoms with Crippen LogP contribution < -0.4 is 10.6 Å². The van der Waals surface area contributed by atoms with Gasteiger partial charge in [0.05, 0.1) is 35.5 Å². The van der Waals surface area contributed by atoms with E-state index in [1.54, 1.807) is 12.1 Å². The second-order valence-corrected chi connectivity index (χ2v) is 5.20. The molecule has 1 heterocycles. The molecule has 2 N–H and O–H groups in total. The number of ether oxygens (including phenoxy) is 1. The van der Waals surface area contributed by atoms with Crippen molar-refractivity contribution < 1.29 is 9.53 Å². The van der Waals surface area contributed by atoms with Gasteiger partial charge >= 0.3 is 0 Å². The van der Waals surface area contributed by atoms with Crippen molar-refractivity contribution in [2.24, 2.45) is 5.92 Å². The average Bonchev–Trinajstić information content (AvgIpc) is 2.54. The summed E-state index contributed by atoms with van der Waals surface area (Å²) in [7, 11) is 0. The summed E-state index contributed by atoms with van der Waals surface area (Å²) >= 11 is 0. The smallest absolute Gasteiger partial charge is 0.229 e. The van der Waals surface area contributed by atoms with Crippen LogP contribution in [0.25, 0.3) is 0 Å². The van der Waals surface area contributed by atoms with Crippen molar-refractivity contribution >= 4 is 17.3 Å². The highest BCUT2D eigenvalue weighted by Crippen LogP contribution is 2.25. The van der Waals surface area contributed by atoms with Crippen molar-refractivity contribution in [3.05, 3.63) is 23.8 Å². The number of nitrogens with one attached hydrogen (secondary N) is 2. The number of amides is 1. The van der Waals surface area contributed by atoms with Gasteiger partial charge in [-0.3, -0.25) is 4.79 Å². The first-order valence-corrected chi connectivity index (χ1v) is 7.41. The molecule has 112 valence electrons. The lowest BCUT2D eigenvalue weighted by molar-refractivity contribution is -0.123. The van der Waals surface area contributed by atoms with Gasteiger partial charge in [-0.2, -0.15) is 5.26 Å². The summed E-state index contributed by atoms with van der Waals surface area (Å²) < 4.78 is 5.35. The van der Waals surface area contributed by atoms with Gasteiger partial charge in [0.25, 0.3) is 0 Å². The van der Waals surface area contributed by atoms with E-state index in [2.05, 4.69) is 23.6 Å². The first-order chi connectivity index (χ1) is 10.2. The highest BCUT2D eigenvalue weighted by Gasteiger charge is 2.22. The summed E-state index contributed by atoms with van der Waals surface area (Å²) in [6, 6.07) is 7.39. The summed E-state index contributed by atoms with van der Waals surface area (Å²) in [6.07, 6.45) is 2.75. The van der Waals surface area contributed by atoms with Gasteiger partial charge in [0.2, 0.25) is 5.91 Å². The highest BCUT2D eigenvalue weighted by molar-refractivity contribution is 5.96. The zero-order valence-electron chi connectivity index (χ0n) is 12.3. The predicted octanol–water partition coefficient (Wildman–Crippen LogP) is 2.75. The number of nitriles is 1. The predicted molar refractivity (Wildman–Crippen MR) is 82.1 cm³/mol. The SMILES string of the molecule is CCCNc1ccc(C#N)cc1NC(=O)[C@@H]1CCCOC1. The molecule has 1 atom stereocenters. The molecule has 0 saturated carbocycles. The summed E-state index contributed by atoms with van der Waals surface area (Å²) in [6.45, 7) is 4.11. The van der Waals surface area contributed by atoms with Gasteiger partial charge in [0, 0.05) is 13.2 Å². The number of nitrogens with zero attached hydrogens (tertiary/aromatic N) is 1. The van der Waals surface area contributed by atoms with E-state index < -0.39 is 0 Å². The Morgan fingerprint density at radius 1 is 1.48 bits per heavy atom. The van der Waals surface area contributed by atoms with Gasteiger partial charge in [0.15, 0.2) is 0 Å². The van der Waals surface area contributed by atoms with Crippen molar-refractivity contribution in [3.8, 4) is 6.07 Å². The van der Waals surface area contributed by atoms with E-state index in [4.69, 9.17) is 10.00 Å². The lowest BCUT2D eigenvalue weighted by Gasteiger charge is -2.22. The quantitative estimate of drug-likeness (QED) is 0.873. The van der Waals surface area contributed by atoms with Gasteiger partial charge in [-0.15, -0.1) is 0 Å². The molecule has 21 heavy (non-hydrogen) atoms. The van der Waals surface area contributed by atoms with Crippen LogP contribution in [0.3, 0.4) is 0 Å². The fourth-order valence-corrected chi connectivity index (χ4v) is 2.31. The molecular formula is C16H21N3O2. The minimum absolute atomic E-state index is 0.0376. The number of anilines is 2. The Morgan fingerprint density at radius 3 is 3.00 bits per heavy atom. The van der Waals surface area contributed by atoms with E-state index in [9.17, 15) is 4.79 Å². The molecule has 5 heteroatoms. The van der Waals surface area contributed by atoms with E-state index in [1.165, 1.54) is 0 Å². The minimum Gasteiger partial charge on any atom is -0.383 e. The van der Waals surface area contributed by atoms with Crippen LogP contribution in [0.1, 0.15) is 31.7 Å². The Kier molecular flexibility index (Phi) is 5.59. The number of carbonyl (C=O) groups is 1. The molecule has 0 aliphatic carbocycles. The fraction of sp³-hybridized carbons (Fsp3) is 0.500. The van der Waals surface area contributed by atoms with E-state index in [0.717, 1.165) is 38.1 Å². The molecule has 0 aromatic heterocycles. The van der Waals surface area contributed by atoms with Gasteiger partial charge in [-0.05, 0) is 37.5 Å². The molecule has 0 bridgehead atoms. The Morgan fingerprint density at radius 2 is 2.33 bits per heavy atom. The summed E-state index contributed by atoms with van der Waals surface area (Å²) in [5.41, 5.74) is 2.05. The molecule has 5 nitrogen and oxygen atoms in total. The van der Waals surface area contributed by atoms with Crippen molar-refractivity contribution in [2.45, 2.75) is 26.2 Å². The van der Waals surface area contributed by atoms with E-state index in [0.29, 0.717) is 17.9 Å². The number of rotatable bonds is 5. The zero-order chi connectivity index (χ0) is 15.1. The van der Waals surface area contributed by atoms with Crippen LogP contribution in [0, 0.1) is 17.2 Å². The van der Waals surface area contributed by atoms with Crippen LogP contribution in [0.2, 0.25) is 0 Å². The highest BCUT2D eigenvalue weighted by atomic mass is 16.5. The van der Waals surface area contributed by atoms with Crippen molar-refractivity contribution in [1.82, 2.24) is 0 Å². The summed E-state index contributed by atoms with van der Waals surface area (Å²) in [5, 5.41) is 15.2. The number of hydrogen-bond acceptors (Lipinski definition) is 4. The molecular weight excluding hydrogens is 266 g/mol. The Bertz CT molecular complexity index is 531. The molecule has 1 saturated heterocycles. The van der Waals surface area contributed by atoms with Gasteiger partial charge in [0.1, 0.15) is 0 Å². The van der Waals surface area contributed by atoms with Gasteiger partial charge in [-0.1, -0.05) is 6.92 Å². The lowest BCUT2D eigenvalue weighted by Crippen LogP contribution is -2.30. The molecule has 0 radical (unpaired) electrons. The lowest BCUT2D eigenvalue weighted by atomic mass is 10.0. The topological polar surface area (TPSA) is 74.2 Å². The molecule has 0 unspecified atom stereocenters. The largest absolute Gasteiger partial charge is 0.383 e. The van der Waals surface area contributed by atoms with E-state index >= 15 is 0 Å². The number of benzene rings is 1. The molecule has 0 spiro atoms. The molecule has 2 rings (SSSR count). The maximum Gasteiger partial charge on any atom is 0.229 e. The molecule has 1 amide bonds. The normalized spacial score (nSPS) is 17.8. The summed E-state index contributed by atoms with van der Waals surface area (Å²) in [4.78, 5) is 12.3. The Balaban J connectivity index is 2.12. The van der Waals surface area contributed by atoms with E-state index in [-0.39, 0.29) is 11.8 Å². The number of carbonyl (C=O) groups excluding carboxylic acids is 1. The minimum atomic E-state index is -0.108. The first kappa shape index (κ1) is 15.3. The maximum absolute atomic E-state index is 12.3. The van der Waals surface area contributed by atoms with Crippen molar-refractivity contribution in [3.63, 3.8) is 0 Å². The molecule has 1 aliphatic rings. The monoisotopic (exact) mass is 287 g/mol. The molecule has 1 aromatic carbocycles. The second-order valence-electron chi connectivity index (χ2n) is 5.20. The van der Waals surface area contributed by atoms with Crippen LogP contribution in [0.4, 0.5) is 11.4 Å². The summed E-state index contributed by atoms with van der Waals surface area (Å²) in [5.74, 6) is -0.146. The average molecular weight is 287 g/mol. The van der Waals surface area contributed by atoms with Crippen LogP contribution >= 0.6 is 0 Å². The standard InChI is InChI=1S/C16H21N3O2/c1-2-7-18-14-6-5-12(10-17)9-15(14)19-16(20)13-4-3-8-21-11-13/h5-6,9,13,18H,2-4,7-8,11H2,1H3,(H,19,20)/t13-/m1/s1. The van der Waals surface area contributed by atoms with Gasteiger partial charge < -0.3 is 15.4 Å². The first-order valence-electron chi connectivity index (χ1n) is 7.41. The van der Waals surface area contributed by atoms with Crippen LogP contribution in [-0.2, 0) is 9.53 Å². The van der Waals surface area contributed by atoms with Crippen LogP contribution in [0.5, 0.6) is 0 Å². The van der Waals surface area contributed by atoms with Crippen LogP contribution in [-0.4, -0.2) is 25.7 Å². The molecule has 1 aromatic rings. The third-order valence-corrected chi connectivity index (χ3v) is 3.50. The van der Waals surface area contributed by atoms with Crippen molar-refractivity contribution in [2.75, 3.05) is 30.4 Å². The second kappa shape index (κ2) is 7.65. The third-order valence-electron chi connectivity index (χ3n) is 3.50. The number of hydrogen-bond donors (Lipinski definition) is 2. The Labute approximate surface area is 125 Å². The fourth-order valence-electron chi connectivity index (χ4n) is 2.31. The maximum atomic E-state index is 12.3. The Hall–Kier alpha value is -2.06. The van der Waals surface area contributed by atoms with E-state index in [1.807, 2.05) is 6.07 Å². The third kappa shape index (κ3) is 4.20. The van der Waals surface area contributed by atoms with Crippen molar-refractivity contribution in [1.29, 1.82) is 5.26 Å². The molecule has 1 fully saturated rings. The van der Waals surface area contributed by atoms with Gasteiger partial charge in [-0.25, -0.2) is 0 Å².